The van der Waals surface area contributed by atoms with Gasteiger partial charge in [0, 0.05) is 24.6 Å². The molecule has 0 spiro atoms. The number of aliphatic hydroxyl groups is 1. The van der Waals surface area contributed by atoms with Crippen molar-refractivity contribution in [1.82, 2.24) is 24.9 Å². The van der Waals surface area contributed by atoms with E-state index >= 15 is 0 Å². The van der Waals surface area contributed by atoms with Crippen LogP contribution in [0.2, 0.25) is 0 Å². The zero-order valence-corrected chi connectivity index (χ0v) is 17.4. The van der Waals surface area contributed by atoms with Crippen LogP contribution in [0.3, 0.4) is 0 Å². The zero-order chi connectivity index (χ0) is 22.4. The summed E-state index contributed by atoms with van der Waals surface area (Å²) in [6, 6.07) is 1.73. The number of fused-ring (bicyclic) bond motifs is 1. The van der Waals surface area contributed by atoms with Crippen LogP contribution < -0.4 is 15.4 Å². The topological polar surface area (TPSA) is 96.6 Å². The molecule has 0 radical (unpaired) electrons. The lowest BCUT2D eigenvalue weighted by atomic mass is 9.80. The second-order valence-corrected chi connectivity index (χ2v) is 8.24. The van der Waals surface area contributed by atoms with Crippen molar-refractivity contribution in [3.8, 4) is 17.1 Å². The molecule has 0 amide bonds. The highest BCUT2D eigenvalue weighted by molar-refractivity contribution is 5.63. The lowest BCUT2D eigenvalue weighted by molar-refractivity contribution is 0.0718. The van der Waals surface area contributed by atoms with E-state index < -0.39 is 23.8 Å². The number of alkyl halides is 1. The molecule has 4 heterocycles. The predicted molar refractivity (Wildman–Crippen MR) is 110 cm³/mol. The fraction of sp³-hybridized carbons (Fsp3) is 0.476. The third-order valence-electron chi connectivity index (χ3n) is 6.10. The molecule has 0 bridgehead atoms. The van der Waals surface area contributed by atoms with E-state index in [4.69, 9.17) is 4.74 Å². The van der Waals surface area contributed by atoms with Gasteiger partial charge in [-0.25, -0.2) is 27.7 Å². The number of piperidine rings is 1. The molecule has 0 aromatic carbocycles. The van der Waals surface area contributed by atoms with E-state index in [0.29, 0.717) is 49.4 Å². The summed E-state index contributed by atoms with van der Waals surface area (Å²) in [5.41, 5.74) is 1.10. The SMILES string of the molecule is COc1cc2ncc(-c3nc(N[C@@H]4CNCC[C@H]4F)c(F)cc3F)n2nc1C1CC(O)C1. The normalized spacial score (nSPS) is 25.5. The number of rotatable bonds is 5. The van der Waals surface area contributed by atoms with Crippen molar-refractivity contribution in [3.05, 3.63) is 35.7 Å². The van der Waals surface area contributed by atoms with Gasteiger partial charge in [-0.1, -0.05) is 0 Å². The van der Waals surface area contributed by atoms with Gasteiger partial charge in [0.1, 0.15) is 29.0 Å². The van der Waals surface area contributed by atoms with Crippen LogP contribution in [0.4, 0.5) is 19.0 Å². The van der Waals surface area contributed by atoms with Crippen molar-refractivity contribution in [2.75, 3.05) is 25.5 Å². The fourth-order valence-electron chi connectivity index (χ4n) is 4.22. The Morgan fingerprint density at radius 3 is 2.78 bits per heavy atom. The van der Waals surface area contributed by atoms with Gasteiger partial charge >= 0.3 is 0 Å². The first-order valence-electron chi connectivity index (χ1n) is 10.5. The Morgan fingerprint density at radius 1 is 1.25 bits per heavy atom. The highest BCUT2D eigenvalue weighted by Crippen LogP contribution is 2.40. The maximum Gasteiger partial charge on any atom is 0.168 e. The molecule has 11 heteroatoms. The molecule has 32 heavy (non-hydrogen) atoms. The average molecular weight is 448 g/mol. The summed E-state index contributed by atoms with van der Waals surface area (Å²) in [6.07, 6.45) is 1.24. The number of imidazole rings is 1. The van der Waals surface area contributed by atoms with Crippen molar-refractivity contribution < 1.29 is 23.0 Å². The molecule has 2 fully saturated rings. The number of ether oxygens (including phenoxy) is 1. The summed E-state index contributed by atoms with van der Waals surface area (Å²) < 4.78 is 50.3. The van der Waals surface area contributed by atoms with E-state index in [2.05, 4.69) is 25.7 Å². The summed E-state index contributed by atoms with van der Waals surface area (Å²) in [6.45, 7) is 0.851. The van der Waals surface area contributed by atoms with Crippen LogP contribution >= 0.6 is 0 Å². The van der Waals surface area contributed by atoms with Crippen LogP contribution in [-0.2, 0) is 0 Å². The van der Waals surface area contributed by atoms with Crippen LogP contribution in [0, 0.1) is 11.6 Å². The van der Waals surface area contributed by atoms with E-state index in [1.165, 1.54) is 17.8 Å². The summed E-state index contributed by atoms with van der Waals surface area (Å²) in [5, 5.41) is 20.1. The molecular weight excluding hydrogens is 425 g/mol. The Morgan fingerprint density at radius 2 is 2.06 bits per heavy atom. The standard InChI is InChI=1S/C21H23F3N6O2/c1-32-17-7-18-26-9-16(30(18)29-19(17)10-4-11(31)5-10)20-13(23)6-14(24)21(28-20)27-15-8-25-3-2-12(15)22/h6-7,9-12,15,25,31H,2-5,8H2,1H3,(H,27,28)/t10?,11?,12-,15-/m1/s1. The predicted octanol–water partition coefficient (Wildman–Crippen LogP) is 2.43. The number of hydrogen-bond acceptors (Lipinski definition) is 7. The monoisotopic (exact) mass is 448 g/mol. The lowest BCUT2D eigenvalue weighted by Gasteiger charge is -2.31. The number of pyridine rings is 1. The van der Waals surface area contributed by atoms with Crippen LogP contribution in [0.15, 0.2) is 18.3 Å². The molecule has 3 N–H and O–H groups in total. The minimum absolute atomic E-state index is 0.00291. The van der Waals surface area contributed by atoms with Crippen LogP contribution in [-0.4, -0.2) is 63.2 Å². The molecule has 2 aliphatic rings. The molecule has 1 aliphatic carbocycles. The largest absolute Gasteiger partial charge is 0.495 e. The van der Waals surface area contributed by atoms with Crippen molar-refractivity contribution in [2.45, 2.75) is 43.5 Å². The molecule has 3 aromatic heterocycles. The molecule has 0 unspecified atom stereocenters. The smallest absolute Gasteiger partial charge is 0.168 e. The molecule has 8 nitrogen and oxygen atoms in total. The van der Waals surface area contributed by atoms with Crippen molar-refractivity contribution >= 4 is 11.5 Å². The maximum atomic E-state index is 14.8. The van der Waals surface area contributed by atoms with Gasteiger partial charge in [-0.3, -0.25) is 0 Å². The third-order valence-corrected chi connectivity index (χ3v) is 6.10. The van der Waals surface area contributed by atoms with Crippen molar-refractivity contribution in [2.24, 2.45) is 0 Å². The fourth-order valence-corrected chi connectivity index (χ4v) is 4.22. The van der Waals surface area contributed by atoms with Gasteiger partial charge in [0.2, 0.25) is 0 Å². The number of methoxy groups -OCH3 is 1. The van der Waals surface area contributed by atoms with Crippen LogP contribution in [0.25, 0.3) is 17.0 Å². The second kappa shape index (κ2) is 8.21. The number of halogens is 3. The quantitative estimate of drug-likeness (QED) is 0.552. The summed E-state index contributed by atoms with van der Waals surface area (Å²) >= 11 is 0. The number of hydrogen-bond donors (Lipinski definition) is 3. The maximum absolute atomic E-state index is 14.8. The van der Waals surface area contributed by atoms with Gasteiger partial charge in [-0.15, -0.1) is 0 Å². The van der Waals surface area contributed by atoms with Crippen molar-refractivity contribution in [3.63, 3.8) is 0 Å². The van der Waals surface area contributed by atoms with Crippen LogP contribution in [0.5, 0.6) is 5.75 Å². The number of anilines is 1. The van der Waals surface area contributed by atoms with Gasteiger partial charge in [0.05, 0.1) is 25.5 Å². The molecule has 5 rings (SSSR count). The summed E-state index contributed by atoms with van der Waals surface area (Å²) in [4.78, 5) is 8.39. The Kier molecular flexibility index (Phi) is 5.38. The Bertz CT molecular complexity index is 1150. The number of aliphatic hydroxyl groups excluding tert-OH is 1. The first-order valence-corrected chi connectivity index (χ1v) is 10.5. The molecule has 170 valence electrons. The Hall–Kier alpha value is -2.92. The van der Waals surface area contributed by atoms with E-state index in [1.54, 1.807) is 6.07 Å². The van der Waals surface area contributed by atoms with Gasteiger partial charge in [-0.05, 0) is 25.8 Å². The molecule has 2 atom stereocenters. The Labute approximate surface area is 181 Å². The molecule has 1 saturated heterocycles. The third kappa shape index (κ3) is 3.65. The van der Waals surface area contributed by atoms with Gasteiger partial charge in [0.25, 0.3) is 0 Å². The van der Waals surface area contributed by atoms with E-state index in [-0.39, 0.29) is 29.2 Å². The minimum Gasteiger partial charge on any atom is -0.495 e. The first-order chi connectivity index (χ1) is 15.4. The van der Waals surface area contributed by atoms with Crippen LogP contribution in [0.1, 0.15) is 30.9 Å². The molecule has 1 saturated carbocycles. The molecule has 1 aliphatic heterocycles. The van der Waals surface area contributed by atoms with Gasteiger partial charge < -0.3 is 20.5 Å². The summed E-state index contributed by atoms with van der Waals surface area (Å²) in [7, 11) is 1.52. The highest BCUT2D eigenvalue weighted by Gasteiger charge is 2.33. The van der Waals surface area contributed by atoms with Gasteiger partial charge in [0.15, 0.2) is 23.1 Å². The minimum atomic E-state index is -1.17. The molecular formula is C21H23F3N6O2. The van der Waals surface area contributed by atoms with Crippen molar-refractivity contribution in [1.29, 1.82) is 0 Å². The first kappa shape index (κ1) is 21.0. The van der Waals surface area contributed by atoms with E-state index in [0.717, 1.165) is 6.07 Å². The van der Waals surface area contributed by atoms with E-state index in [1.807, 2.05) is 0 Å². The average Bonchev–Trinajstić information content (AvgIpc) is 3.16. The number of aromatic nitrogens is 4. The number of nitrogens with one attached hydrogen (secondary N) is 2. The second-order valence-electron chi connectivity index (χ2n) is 8.24. The Balaban J connectivity index is 1.55. The van der Waals surface area contributed by atoms with E-state index in [9.17, 15) is 18.3 Å². The summed E-state index contributed by atoms with van der Waals surface area (Å²) in [5.74, 6) is -1.49. The highest BCUT2D eigenvalue weighted by atomic mass is 19.1. The number of nitrogens with zero attached hydrogens (tertiary/aromatic N) is 4. The van der Waals surface area contributed by atoms with Gasteiger partial charge in [-0.2, -0.15) is 5.10 Å². The molecule has 3 aromatic rings. The lowest BCUT2D eigenvalue weighted by Crippen LogP contribution is -2.46. The zero-order valence-electron chi connectivity index (χ0n) is 17.4.